The molecule has 0 radical (unpaired) electrons. The summed E-state index contributed by atoms with van der Waals surface area (Å²) < 4.78 is 21.1. The summed E-state index contributed by atoms with van der Waals surface area (Å²) in [5.74, 6) is 0.0242. The SMILES string of the molecule is NC(=O)C1CNCc2cnn3ccc(nc23)NCc2cc(F)ccc2O1. The van der Waals surface area contributed by atoms with Crippen molar-refractivity contribution in [3.8, 4) is 5.75 Å². The van der Waals surface area contributed by atoms with Crippen LogP contribution in [0.1, 0.15) is 11.1 Å². The van der Waals surface area contributed by atoms with Crippen LogP contribution in [0, 0.1) is 5.82 Å². The number of ether oxygens (including phenoxy) is 1. The third-order valence-electron chi connectivity index (χ3n) is 4.16. The molecule has 0 aliphatic carbocycles. The van der Waals surface area contributed by atoms with Crippen LogP contribution < -0.4 is 21.1 Å². The fourth-order valence-corrected chi connectivity index (χ4v) is 2.82. The van der Waals surface area contributed by atoms with Gasteiger partial charge in [0, 0.05) is 37.0 Å². The lowest BCUT2D eigenvalue weighted by molar-refractivity contribution is -0.124. The van der Waals surface area contributed by atoms with Gasteiger partial charge in [0.2, 0.25) is 0 Å². The van der Waals surface area contributed by atoms with Crippen molar-refractivity contribution < 1.29 is 13.9 Å². The third kappa shape index (κ3) is 3.16. The highest BCUT2D eigenvalue weighted by Crippen LogP contribution is 2.23. The summed E-state index contributed by atoms with van der Waals surface area (Å²) in [7, 11) is 0. The second-order valence-electron chi connectivity index (χ2n) is 6.00. The molecule has 9 heteroatoms. The highest BCUT2D eigenvalue weighted by Gasteiger charge is 2.20. The van der Waals surface area contributed by atoms with E-state index >= 15 is 0 Å². The lowest BCUT2D eigenvalue weighted by atomic mass is 10.2. The molecule has 1 aromatic carbocycles. The Bertz CT molecular complexity index is 973. The van der Waals surface area contributed by atoms with Crippen LogP contribution in [-0.4, -0.2) is 33.2 Å². The van der Waals surface area contributed by atoms with Crippen molar-refractivity contribution in [2.24, 2.45) is 5.73 Å². The van der Waals surface area contributed by atoms with Crippen LogP contribution in [0.5, 0.6) is 5.75 Å². The Labute approximate surface area is 148 Å². The molecule has 4 N–H and O–H groups in total. The number of anilines is 1. The van der Waals surface area contributed by atoms with E-state index in [2.05, 4.69) is 20.7 Å². The van der Waals surface area contributed by atoms with Crippen LogP contribution in [0.25, 0.3) is 5.65 Å². The number of carbonyl (C=O) groups is 1. The maximum absolute atomic E-state index is 13.7. The number of hydrogen-bond donors (Lipinski definition) is 3. The van der Waals surface area contributed by atoms with Gasteiger partial charge in [0.1, 0.15) is 17.4 Å². The minimum Gasteiger partial charge on any atom is -0.479 e. The number of rotatable bonds is 1. The molecule has 2 bridgehead atoms. The van der Waals surface area contributed by atoms with Gasteiger partial charge in [-0.05, 0) is 24.3 Å². The molecule has 1 aliphatic rings. The number of nitrogens with one attached hydrogen (secondary N) is 2. The van der Waals surface area contributed by atoms with E-state index in [1.54, 1.807) is 23.0 Å². The molecule has 134 valence electrons. The molecule has 1 atom stereocenters. The fourth-order valence-electron chi connectivity index (χ4n) is 2.82. The Hall–Kier alpha value is -3.20. The van der Waals surface area contributed by atoms with Crippen molar-refractivity contribution in [2.45, 2.75) is 19.2 Å². The number of fused-ring (bicyclic) bond motifs is 2. The first-order valence-electron chi connectivity index (χ1n) is 8.12. The normalized spacial score (nSPS) is 17.3. The number of nitrogens with zero attached hydrogens (tertiary/aromatic N) is 3. The van der Waals surface area contributed by atoms with Crippen molar-refractivity contribution in [2.75, 3.05) is 11.9 Å². The molecule has 0 fully saturated rings. The highest BCUT2D eigenvalue weighted by atomic mass is 19.1. The van der Waals surface area contributed by atoms with Gasteiger partial charge >= 0.3 is 0 Å². The number of carbonyl (C=O) groups excluding carboxylic acids is 1. The fraction of sp³-hybridized carbons (Fsp3) is 0.235. The van der Waals surface area contributed by atoms with Gasteiger partial charge in [0.05, 0.1) is 6.20 Å². The van der Waals surface area contributed by atoms with Gasteiger partial charge in [0.15, 0.2) is 11.8 Å². The maximum Gasteiger partial charge on any atom is 0.259 e. The highest BCUT2D eigenvalue weighted by molar-refractivity contribution is 5.79. The lowest BCUT2D eigenvalue weighted by Crippen LogP contribution is -2.42. The number of aromatic nitrogens is 3. The predicted molar refractivity (Wildman–Crippen MR) is 92.0 cm³/mol. The summed E-state index contributed by atoms with van der Waals surface area (Å²) in [6.07, 6.45) is 2.62. The standard InChI is InChI=1S/C17H17FN6O2/c18-12-1-2-13-10(5-12)7-21-15-3-4-24-17(23-15)11(8-22-24)6-20-9-14(26-13)16(19)25/h1-5,8,14,20H,6-7,9H2,(H2,19,25)(H,21,23). The van der Waals surface area contributed by atoms with Gasteiger partial charge in [0.25, 0.3) is 5.91 Å². The zero-order valence-electron chi connectivity index (χ0n) is 13.8. The minimum absolute atomic E-state index is 0.205. The Balaban J connectivity index is 1.74. The molecule has 26 heavy (non-hydrogen) atoms. The van der Waals surface area contributed by atoms with E-state index < -0.39 is 17.8 Å². The summed E-state index contributed by atoms with van der Waals surface area (Å²) in [4.78, 5) is 16.3. The molecule has 1 amide bonds. The topological polar surface area (TPSA) is 107 Å². The number of primary amides is 1. The Morgan fingerprint density at radius 1 is 1.31 bits per heavy atom. The van der Waals surface area contributed by atoms with Gasteiger partial charge in [-0.1, -0.05) is 0 Å². The van der Waals surface area contributed by atoms with Gasteiger partial charge in [-0.3, -0.25) is 4.79 Å². The Morgan fingerprint density at radius 2 is 2.19 bits per heavy atom. The van der Waals surface area contributed by atoms with Crippen molar-refractivity contribution in [3.63, 3.8) is 0 Å². The molecule has 2 aromatic heterocycles. The van der Waals surface area contributed by atoms with Crippen molar-refractivity contribution in [1.29, 1.82) is 0 Å². The Kier molecular flexibility index (Phi) is 4.13. The first kappa shape index (κ1) is 16.3. The van der Waals surface area contributed by atoms with E-state index in [1.165, 1.54) is 18.2 Å². The molecule has 3 aromatic rings. The Morgan fingerprint density at radius 3 is 3.04 bits per heavy atom. The van der Waals surface area contributed by atoms with Crippen molar-refractivity contribution in [1.82, 2.24) is 19.9 Å². The molecule has 8 nitrogen and oxygen atoms in total. The number of hydrogen-bond acceptors (Lipinski definition) is 6. The number of benzene rings is 1. The first-order chi connectivity index (χ1) is 12.6. The molecule has 0 saturated carbocycles. The quantitative estimate of drug-likeness (QED) is 0.596. The lowest BCUT2D eigenvalue weighted by Gasteiger charge is -2.19. The second kappa shape index (κ2) is 6.60. The van der Waals surface area contributed by atoms with Crippen LogP contribution in [-0.2, 0) is 17.9 Å². The van der Waals surface area contributed by atoms with Crippen LogP contribution >= 0.6 is 0 Å². The molecular formula is C17H17FN6O2. The first-order valence-corrected chi connectivity index (χ1v) is 8.12. The molecule has 1 aliphatic heterocycles. The van der Waals surface area contributed by atoms with Crippen molar-refractivity contribution in [3.05, 3.63) is 53.6 Å². The van der Waals surface area contributed by atoms with Crippen LogP contribution in [0.4, 0.5) is 10.2 Å². The molecule has 0 spiro atoms. The van der Waals surface area contributed by atoms with Crippen LogP contribution in [0.15, 0.2) is 36.7 Å². The maximum atomic E-state index is 13.7. The monoisotopic (exact) mass is 356 g/mol. The van der Waals surface area contributed by atoms with E-state index in [0.29, 0.717) is 29.3 Å². The van der Waals surface area contributed by atoms with Crippen molar-refractivity contribution >= 4 is 17.4 Å². The van der Waals surface area contributed by atoms with E-state index in [1.807, 2.05) is 0 Å². The molecular weight excluding hydrogens is 339 g/mol. The average Bonchev–Trinajstić information content (AvgIpc) is 3.02. The largest absolute Gasteiger partial charge is 0.479 e. The van der Waals surface area contributed by atoms with Gasteiger partial charge in [-0.25, -0.2) is 13.9 Å². The van der Waals surface area contributed by atoms with E-state index in [0.717, 1.165) is 5.56 Å². The summed E-state index contributed by atoms with van der Waals surface area (Å²) >= 11 is 0. The summed E-state index contributed by atoms with van der Waals surface area (Å²) in [5, 5.41) is 10.5. The predicted octanol–water partition coefficient (Wildman–Crippen LogP) is 0.816. The summed E-state index contributed by atoms with van der Waals surface area (Å²) in [5.41, 5.74) is 7.58. The second-order valence-corrected chi connectivity index (χ2v) is 6.00. The van der Waals surface area contributed by atoms with E-state index in [4.69, 9.17) is 10.5 Å². The zero-order valence-corrected chi connectivity index (χ0v) is 13.8. The third-order valence-corrected chi connectivity index (χ3v) is 4.16. The van der Waals surface area contributed by atoms with Gasteiger partial charge in [-0.2, -0.15) is 5.10 Å². The zero-order chi connectivity index (χ0) is 18.1. The molecule has 0 saturated heterocycles. The minimum atomic E-state index is -0.887. The number of halogens is 1. The van der Waals surface area contributed by atoms with Crippen LogP contribution in [0.2, 0.25) is 0 Å². The van der Waals surface area contributed by atoms with E-state index in [-0.39, 0.29) is 13.1 Å². The van der Waals surface area contributed by atoms with E-state index in [9.17, 15) is 9.18 Å². The molecule has 3 heterocycles. The average molecular weight is 356 g/mol. The van der Waals surface area contributed by atoms with Crippen LogP contribution in [0.3, 0.4) is 0 Å². The van der Waals surface area contributed by atoms with Gasteiger partial charge in [-0.15, -0.1) is 0 Å². The number of amides is 1. The van der Waals surface area contributed by atoms with Gasteiger partial charge < -0.3 is 21.1 Å². The number of nitrogens with two attached hydrogens (primary N) is 1. The smallest absolute Gasteiger partial charge is 0.259 e. The molecule has 1 unspecified atom stereocenters. The summed E-state index contributed by atoms with van der Waals surface area (Å²) in [6.45, 7) is 0.929. The molecule has 4 rings (SSSR count). The summed E-state index contributed by atoms with van der Waals surface area (Å²) in [6, 6.07) is 5.91.